The lowest BCUT2D eigenvalue weighted by molar-refractivity contribution is -0.133. The Morgan fingerprint density at radius 3 is 2.69 bits per heavy atom. The number of sulfonamides is 1. The number of nitrogens with zero attached hydrogens (tertiary/aromatic N) is 3. The molecule has 2 heterocycles. The van der Waals surface area contributed by atoms with E-state index < -0.39 is 15.3 Å². The number of hydrogen-bond donors (Lipinski definition) is 0. The van der Waals surface area contributed by atoms with E-state index in [4.69, 9.17) is 11.6 Å². The smallest absolute Gasteiger partial charge is 0.243 e. The van der Waals surface area contributed by atoms with Gasteiger partial charge in [0.1, 0.15) is 6.42 Å². The van der Waals surface area contributed by atoms with E-state index in [1.54, 1.807) is 30.6 Å². The normalized spacial score (nSPS) is 16.4. The van der Waals surface area contributed by atoms with Crippen LogP contribution in [-0.4, -0.2) is 59.9 Å². The van der Waals surface area contributed by atoms with E-state index in [2.05, 4.69) is 4.98 Å². The predicted octanol–water partition coefficient (Wildman–Crippen LogP) is 1.61. The van der Waals surface area contributed by atoms with Crippen molar-refractivity contribution in [1.82, 2.24) is 14.2 Å². The van der Waals surface area contributed by atoms with Gasteiger partial charge in [-0.2, -0.15) is 4.31 Å². The Morgan fingerprint density at radius 1 is 1.12 bits per heavy atom. The average molecular weight is 396 g/mol. The van der Waals surface area contributed by atoms with Gasteiger partial charge in [-0.3, -0.25) is 14.6 Å². The number of benzene rings is 1. The van der Waals surface area contributed by atoms with Crippen molar-refractivity contribution in [3.05, 3.63) is 36.7 Å². The van der Waals surface area contributed by atoms with Crippen molar-refractivity contribution in [2.24, 2.45) is 0 Å². The Hall–Kier alpha value is -2.03. The zero-order valence-electron chi connectivity index (χ0n) is 14.0. The van der Waals surface area contributed by atoms with Crippen LogP contribution in [0.2, 0.25) is 0 Å². The molecule has 7 nitrogen and oxygen atoms in total. The quantitative estimate of drug-likeness (QED) is 0.579. The molecule has 2 aromatic rings. The standard InChI is InChI=1S/C17H18ClN3O4S/c18-16(22)11-17(23)20-7-2-8-21(10-9-20)26(24,25)15-4-1-3-13-12-19-6-5-14(13)15/h1,3-6,12H,2,7-11H2. The molecule has 0 N–H and O–H groups in total. The summed E-state index contributed by atoms with van der Waals surface area (Å²) < 4.78 is 27.7. The maximum absolute atomic E-state index is 13.1. The summed E-state index contributed by atoms with van der Waals surface area (Å²) in [6, 6.07) is 6.77. The largest absolute Gasteiger partial charge is 0.341 e. The van der Waals surface area contributed by atoms with Crippen LogP contribution >= 0.6 is 11.6 Å². The highest BCUT2D eigenvalue weighted by molar-refractivity contribution is 7.89. The fraction of sp³-hybridized carbons (Fsp3) is 0.353. The average Bonchev–Trinajstić information content (AvgIpc) is 2.87. The molecule has 0 atom stereocenters. The second kappa shape index (κ2) is 7.69. The summed E-state index contributed by atoms with van der Waals surface area (Å²) in [5.74, 6) is -0.375. The molecule has 1 aromatic carbocycles. The van der Waals surface area contributed by atoms with Crippen molar-refractivity contribution in [2.45, 2.75) is 17.7 Å². The number of hydrogen-bond acceptors (Lipinski definition) is 5. The fourth-order valence-electron chi connectivity index (χ4n) is 3.07. The van der Waals surface area contributed by atoms with E-state index in [0.717, 1.165) is 5.39 Å². The summed E-state index contributed by atoms with van der Waals surface area (Å²) >= 11 is 5.27. The first-order chi connectivity index (χ1) is 12.4. The maximum Gasteiger partial charge on any atom is 0.243 e. The van der Waals surface area contributed by atoms with Crippen LogP contribution in [0.25, 0.3) is 10.8 Å². The third-order valence-corrected chi connectivity index (χ3v) is 6.45. The fourth-order valence-corrected chi connectivity index (χ4v) is 4.87. The molecule has 1 fully saturated rings. The van der Waals surface area contributed by atoms with Crippen molar-refractivity contribution >= 4 is 43.5 Å². The summed E-state index contributed by atoms with van der Waals surface area (Å²) in [4.78, 5) is 28.7. The van der Waals surface area contributed by atoms with Gasteiger partial charge in [0.2, 0.25) is 21.2 Å². The maximum atomic E-state index is 13.1. The number of halogens is 1. The lowest BCUT2D eigenvalue weighted by Crippen LogP contribution is -2.37. The first kappa shape index (κ1) is 18.8. The van der Waals surface area contributed by atoms with E-state index in [9.17, 15) is 18.0 Å². The SMILES string of the molecule is O=C(Cl)CC(=O)N1CCCN(S(=O)(=O)c2cccc3cnccc23)CC1. The molecule has 0 radical (unpaired) electrons. The summed E-state index contributed by atoms with van der Waals surface area (Å²) in [5, 5.41) is 0.654. The summed E-state index contributed by atoms with van der Waals surface area (Å²) in [5.41, 5.74) is 0. The molecule has 1 aromatic heterocycles. The van der Waals surface area contributed by atoms with Crippen molar-refractivity contribution < 1.29 is 18.0 Å². The van der Waals surface area contributed by atoms with Crippen LogP contribution in [0.5, 0.6) is 0 Å². The van der Waals surface area contributed by atoms with Crippen LogP contribution in [0.4, 0.5) is 0 Å². The topological polar surface area (TPSA) is 87.7 Å². The van der Waals surface area contributed by atoms with Gasteiger partial charge in [0.25, 0.3) is 0 Å². The van der Waals surface area contributed by atoms with Crippen LogP contribution in [0.15, 0.2) is 41.6 Å². The van der Waals surface area contributed by atoms with Crippen LogP contribution in [0.3, 0.4) is 0 Å². The molecule has 0 spiro atoms. The highest BCUT2D eigenvalue weighted by Gasteiger charge is 2.29. The molecular formula is C17H18ClN3O4S. The molecule has 0 aliphatic carbocycles. The second-order valence-electron chi connectivity index (χ2n) is 6.02. The molecular weight excluding hydrogens is 378 g/mol. The zero-order valence-corrected chi connectivity index (χ0v) is 15.5. The molecule has 26 heavy (non-hydrogen) atoms. The van der Waals surface area contributed by atoms with E-state index in [0.29, 0.717) is 24.9 Å². The van der Waals surface area contributed by atoms with Gasteiger partial charge in [0.05, 0.1) is 4.90 Å². The Balaban J connectivity index is 1.84. The van der Waals surface area contributed by atoms with Crippen LogP contribution < -0.4 is 0 Å². The molecule has 138 valence electrons. The molecule has 0 saturated carbocycles. The highest BCUT2D eigenvalue weighted by Crippen LogP contribution is 2.26. The van der Waals surface area contributed by atoms with E-state index in [-0.39, 0.29) is 30.3 Å². The lowest BCUT2D eigenvalue weighted by atomic mass is 10.2. The number of rotatable bonds is 4. The van der Waals surface area contributed by atoms with Crippen LogP contribution in [0.1, 0.15) is 12.8 Å². The Bertz CT molecular complexity index is 943. The third kappa shape index (κ3) is 3.87. The zero-order chi connectivity index (χ0) is 18.7. The Kier molecular flexibility index (Phi) is 5.55. The summed E-state index contributed by atoms with van der Waals surface area (Å²) in [6.07, 6.45) is 3.31. The third-order valence-electron chi connectivity index (χ3n) is 4.36. The molecule has 1 aliphatic rings. The summed E-state index contributed by atoms with van der Waals surface area (Å²) in [7, 11) is -3.71. The lowest BCUT2D eigenvalue weighted by Gasteiger charge is -2.22. The Labute approximate surface area is 156 Å². The summed E-state index contributed by atoms with van der Waals surface area (Å²) in [6.45, 7) is 1.11. The monoisotopic (exact) mass is 395 g/mol. The predicted molar refractivity (Wildman–Crippen MR) is 97.2 cm³/mol. The molecule has 9 heteroatoms. The van der Waals surface area contributed by atoms with Gasteiger partial charge in [0, 0.05) is 49.3 Å². The van der Waals surface area contributed by atoms with E-state index in [1.807, 2.05) is 6.07 Å². The van der Waals surface area contributed by atoms with E-state index in [1.165, 1.54) is 9.21 Å². The second-order valence-corrected chi connectivity index (χ2v) is 8.35. The van der Waals surface area contributed by atoms with Gasteiger partial charge in [-0.25, -0.2) is 8.42 Å². The molecule has 1 saturated heterocycles. The van der Waals surface area contributed by atoms with Crippen molar-refractivity contribution in [3.63, 3.8) is 0 Å². The number of pyridine rings is 1. The molecule has 0 unspecified atom stereocenters. The Morgan fingerprint density at radius 2 is 1.92 bits per heavy atom. The van der Waals surface area contributed by atoms with Gasteiger partial charge in [-0.05, 0) is 30.2 Å². The number of aromatic nitrogens is 1. The minimum absolute atomic E-state index is 0.173. The molecule has 1 aliphatic heterocycles. The molecule has 3 rings (SSSR count). The number of carbonyl (C=O) groups excluding carboxylic acids is 2. The van der Waals surface area contributed by atoms with E-state index >= 15 is 0 Å². The first-order valence-corrected chi connectivity index (χ1v) is 10.0. The number of carbonyl (C=O) groups is 2. The van der Waals surface area contributed by atoms with Crippen molar-refractivity contribution in [1.29, 1.82) is 0 Å². The van der Waals surface area contributed by atoms with Gasteiger partial charge >= 0.3 is 0 Å². The minimum Gasteiger partial charge on any atom is -0.341 e. The van der Waals surface area contributed by atoms with Crippen molar-refractivity contribution in [2.75, 3.05) is 26.2 Å². The van der Waals surface area contributed by atoms with Gasteiger partial charge < -0.3 is 4.90 Å². The first-order valence-electron chi connectivity index (χ1n) is 8.18. The molecule has 1 amide bonds. The number of amides is 1. The molecule has 0 bridgehead atoms. The van der Waals surface area contributed by atoms with Gasteiger partial charge in [0.15, 0.2) is 0 Å². The minimum atomic E-state index is -3.71. The van der Waals surface area contributed by atoms with Crippen LogP contribution in [-0.2, 0) is 19.6 Å². The number of fused-ring (bicyclic) bond motifs is 1. The van der Waals surface area contributed by atoms with Gasteiger partial charge in [-0.15, -0.1) is 0 Å². The highest BCUT2D eigenvalue weighted by atomic mass is 35.5. The van der Waals surface area contributed by atoms with Crippen molar-refractivity contribution in [3.8, 4) is 0 Å². The van der Waals surface area contributed by atoms with Gasteiger partial charge in [-0.1, -0.05) is 12.1 Å². The van der Waals surface area contributed by atoms with Crippen LogP contribution in [0, 0.1) is 0 Å².